The van der Waals surface area contributed by atoms with E-state index in [4.69, 9.17) is 28.8 Å². The molecule has 294 valence electrons. The number of nitrogens with zero attached hydrogens (tertiary/aromatic N) is 4. The molecule has 4 heterocycles. The molecule has 0 fully saturated rings. The van der Waals surface area contributed by atoms with E-state index in [0.717, 1.165) is 94.2 Å². The van der Waals surface area contributed by atoms with E-state index < -0.39 is 6.17 Å². The summed E-state index contributed by atoms with van der Waals surface area (Å²) in [5.74, 6) is 2.70. The van der Waals surface area contributed by atoms with Gasteiger partial charge in [0.1, 0.15) is 46.3 Å². The summed E-state index contributed by atoms with van der Waals surface area (Å²) in [6, 6.07) is 66.0. The Balaban J connectivity index is 0.984. The number of aliphatic imine (C=N–C) groups is 4. The van der Waals surface area contributed by atoms with Crippen molar-refractivity contribution in [3.8, 4) is 11.1 Å². The van der Waals surface area contributed by atoms with Gasteiger partial charge >= 0.3 is 0 Å². The number of amidine groups is 4. The topological polar surface area (TPSA) is 99.8 Å². The maximum Gasteiger partial charge on any atom is 0.163 e. The average molecular weight is 801 g/mol. The van der Waals surface area contributed by atoms with Crippen LogP contribution in [0.25, 0.3) is 55.0 Å². The van der Waals surface area contributed by atoms with Crippen LogP contribution >= 0.6 is 0 Å². The minimum Gasteiger partial charge on any atom is -0.456 e. The Morgan fingerprint density at radius 1 is 0.371 bits per heavy atom. The van der Waals surface area contributed by atoms with Gasteiger partial charge in [-0.05, 0) is 52.6 Å². The lowest BCUT2D eigenvalue weighted by atomic mass is 9.95. The van der Waals surface area contributed by atoms with Crippen molar-refractivity contribution in [1.29, 1.82) is 0 Å². The van der Waals surface area contributed by atoms with E-state index in [1.807, 2.05) is 109 Å². The first-order chi connectivity index (χ1) is 30.7. The molecule has 0 spiro atoms. The summed E-state index contributed by atoms with van der Waals surface area (Å²) in [5, 5.41) is 11.4. The summed E-state index contributed by atoms with van der Waals surface area (Å²) in [5.41, 5.74) is 10.9. The monoisotopic (exact) mass is 800 g/mol. The molecule has 0 amide bonds. The smallest absolute Gasteiger partial charge is 0.163 e. The Hall–Kier alpha value is -8.36. The number of furan rings is 2. The Kier molecular flexibility index (Phi) is 8.45. The molecule has 8 heteroatoms. The highest BCUT2D eigenvalue weighted by molar-refractivity contribution is 6.21. The summed E-state index contributed by atoms with van der Waals surface area (Å²) in [4.78, 5) is 20.6. The van der Waals surface area contributed by atoms with Gasteiger partial charge in [0, 0.05) is 38.2 Å². The second-order valence-corrected chi connectivity index (χ2v) is 15.5. The van der Waals surface area contributed by atoms with Crippen LogP contribution in [0.2, 0.25) is 0 Å². The lowest BCUT2D eigenvalue weighted by Crippen LogP contribution is -2.33. The first-order valence-electron chi connectivity index (χ1n) is 20.7. The number of hydrogen-bond acceptors (Lipinski definition) is 8. The molecule has 2 atom stereocenters. The van der Waals surface area contributed by atoms with Crippen molar-refractivity contribution in [1.82, 2.24) is 10.6 Å². The second kappa shape index (κ2) is 14.7. The standard InChI is InChI=1S/C54H36N6O2/c1-4-15-34(16-5-1)49-55-50(35-17-6-2-7-18-35)57-52(56-49)37-29-27-33(28-30-37)43-31-38(32-46-47(43)41-22-11-13-26-45(41)61-46)53-58-51(36-19-8-3-9-20-36)59-54(60-53)42-24-14-23-40-39-21-10-12-25-44(39)62-48(40)42/h1-32,49,51H,(H,55,56,57)(H,58,59,60). The van der Waals surface area contributed by atoms with Crippen molar-refractivity contribution in [3.63, 3.8) is 0 Å². The van der Waals surface area contributed by atoms with Gasteiger partial charge < -0.3 is 19.5 Å². The molecule has 2 aromatic heterocycles. The number of hydrogen-bond donors (Lipinski definition) is 2. The lowest BCUT2D eigenvalue weighted by Gasteiger charge is -2.24. The van der Waals surface area contributed by atoms with Crippen LogP contribution in [0.4, 0.5) is 0 Å². The van der Waals surface area contributed by atoms with E-state index in [1.54, 1.807) is 0 Å². The van der Waals surface area contributed by atoms with Crippen molar-refractivity contribution in [3.05, 3.63) is 228 Å². The van der Waals surface area contributed by atoms with Crippen molar-refractivity contribution < 1.29 is 8.83 Å². The molecule has 0 radical (unpaired) electrons. The van der Waals surface area contributed by atoms with Crippen LogP contribution in [0, 0.1) is 0 Å². The molecule has 2 aliphatic heterocycles. The number of para-hydroxylation sites is 3. The van der Waals surface area contributed by atoms with E-state index >= 15 is 0 Å². The maximum atomic E-state index is 6.62. The quantitative estimate of drug-likeness (QED) is 0.168. The minimum atomic E-state index is -0.403. The molecule has 8 nitrogen and oxygen atoms in total. The summed E-state index contributed by atoms with van der Waals surface area (Å²) >= 11 is 0. The first-order valence-corrected chi connectivity index (χ1v) is 20.7. The normalized spacial score (nSPS) is 16.4. The van der Waals surface area contributed by atoms with Gasteiger partial charge in [0.15, 0.2) is 11.7 Å². The summed E-state index contributed by atoms with van der Waals surface area (Å²) in [7, 11) is 0. The molecule has 0 bridgehead atoms. The Morgan fingerprint density at radius 2 is 0.919 bits per heavy atom. The van der Waals surface area contributed by atoms with Gasteiger partial charge in [-0.25, -0.2) is 20.0 Å². The summed E-state index contributed by atoms with van der Waals surface area (Å²) < 4.78 is 13.1. The van der Waals surface area contributed by atoms with Crippen LogP contribution in [0.5, 0.6) is 0 Å². The lowest BCUT2D eigenvalue weighted by molar-refractivity contribution is 0.662. The van der Waals surface area contributed by atoms with E-state index in [-0.39, 0.29) is 6.17 Å². The van der Waals surface area contributed by atoms with Crippen LogP contribution in [0.15, 0.2) is 223 Å². The third-order valence-electron chi connectivity index (χ3n) is 11.6. The molecule has 8 aromatic carbocycles. The number of fused-ring (bicyclic) bond motifs is 6. The Morgan fingerprint density at radius 3 is 1.63 bits per heavy atom. The van der Waals surface area contributed by atoms with E-state index in [0.29, 0.717) is 17.5 Å². The van der Waals surface area contributed by atoms with Crippen molar-refractivity contribution in [2.45, 2.75) is 12.3 Å². The van der Waals surface area contributed by atoms with E-state index in [2.05, 4.69) is 95.6 Å². The minimum absolute atomic E-state index is 0.289. The third kappa shape index (κ3) is 6.24. The zero-order valence-electron chi connectivity index (χ0n) is 33.2. The zero-order valence-corrected chi connectivity index (χ0v) is 33.2. The molecule has 62 heavy (non-hydrogen) atoms. The molecule has 0 saturated carbocycles. The molecular formula is C54H36N6O2. The Bertz CT molecular complexity index is 3460. The summed E-state index contributed by atoms with van der Waals surface area (Å²) in [6.45, 7) is 0. The van der Waals surface area contributed by atoms with E-state index in [9.17, 15) is 0 Å². The zero-order chi connectivity index (χ0) is 41.0. The fourth-order valence-electron chi connectivity index (χ4n) is 8.59. The van der Waals surface area contributed by atoms with Gasteiger partial charge in [0.2, 0.25) is 0 Å². The van der Waals surface area contributed by atoms with Crippen molar-refractivity contribution in [2.24, 2.45) is 20.0 Å². The highest BCUT2D eigenvalue weighted by Crippen LogP contribution is 2.39. The maximum absolute atomic E-state index is 6.62. The Labute approximate surface area is 356 Å². The fraction of sp³-hybridized carbons (Fsp3) is 0.0370. The molecule has 0 saturated heterocycles. The highest BCUT2D eigenvalue weighted by atomic mass is 16.3. The van der Waals surface area contributed by atoms with Gasteiger partial charge in [0.05, 0.1) is 5.56 Å². The number of benzene rings is 8. The van der Waals surface area contributed by atoms with Crippen LogP contribution in [-0.2, 0) is 0 Å². The molecule has 2 aliphatic rings. The second-order valence-electron chi connectivity index (χ2n) is 15.5. The molecular weight excluding hydrogens is 765 g/mol. The van der Waals surface area contributed by atoms with Gasteiger partial charge in [-0.2, -0.15) is 0 Å². The van der Waals surface area contributed by atoms with Crippen LogP contribution in [-0.4, -0.2) is 23.3 Å². The predicted molar refractivity (Wildman–Crippen MR) is 250 cm³/mol. The van der Waals surface area contributed by atoms with Gasteiger partial charge in [-0.3, -0.25) is 0 Å². The molecule has 0 aliphatic carbocycles. The molecule has 12 rings (SSSR count). The van der Waals surface area contributed by atoms with Gasteiger partial charge in [-0.15, -0.1) is 0 Å². The van der Waals surface area contributed by atoms with E-state index in [1.165, 1.54) is 0 Å². The van der Waals surface area contributed by atoms with Crippen molar-refractivity contribution >= 4 is 67.2 Å². The largest absolute Gasteiger partial charge is 0.456 e. The average Bonchev–Trinajstić information content (AvgIpc) is 3.93. The van der Waals surface area contributed by atoms with Crippen LogP contribution < -0.4 is 10.6 Å². The molecule has 2 unspecified atom stereocenters. The fourth-order valence-corrected chi connectivity index (χ4v) is 8.59. The third-order valence-corrected chi connectivity index (χ3v) is 11.6. The van der Waals surface area contributed by atoms with Gasteiger partial charge in [0.25, 0.3) is 0 Å². The molecule has 10 aromatic rings. The first kappa shape index (κ1) is 35.6. The number of nitrogens with one attached hydrogen (secondary N) is 2. The SMILES string of the molecule is c1ccc(C2=NC(c3ccccc3)NC(c3ccc(-c4cc(C5=NC(c6cccc7c6oc6ccccc67)=NC(c6ccccc6)N5)cc5oc6ccccc6c45)cc3)=N2)cc1. The molecule has 2 N–H and O–H groups in total. The van der Waals surface area contributed by atoms with Crippen LogP contribution in [0.3, 0.4) is 0 Å². The predicted octanol–water partition coefficient (Wildman–Crippen LogP) is 12.1. The number of rotatable bonds is 7. The van der Waals surface area contributed by atoms with Crippen LogP contribution in [0.1, 0.15) is 45.7 Å². The van der Waals surface area contributed by atoms with Crippen molar-refractivity contribution in [2.75, 3.05) is 0 Å². The van der Waals surface area contributed by atoms with Gasteiger partial charge in [-0.1, -0.05) is 164 Å². The summed E-state index contributed by atoms with van der Waals surface area (Å²) in [6.07, 6.45) is -0.692. The highest BCUT2D eigenvalue weighted by Gasteiger charge is 2.26.